The van der Waals surface area contributed by atoms with E-state index in [0.29, 0.717) is 18.1 Å². The Morgan fingerprint density at radius 2 is 1.64 bits per heavy atom. The lowest BCUT2D eigenvalue weighted by Crippen LogP contribution is -2.28. The Kier molecular flexibility index (Phi) is 5.36. The highest BCUT2D eigenvalue weighted by Crippen LogP contribution is 2.23. The summed E-state index contributed by atoms with van der Waals surface area (Å²) in [6.07, 6.45) is 0. The average molecular weight is 303 g/mol. The van der Waals surface area contributed by atoms with Crippen LogP contribution in [0, 0.1) is 5.82 Å². The monoisotopic (exact) mass is 303 g/mol. The highest BCUT2D eigenvalue weighted by atomic mass is 19.1. The quantitative estimate of drug-likeness (QED) is 0.820. The molecule has 4 nitrogen and oxygen atoms in total. The van der Waals surface area contributed by atoms with Gasteiger partial charge in [-0.05, 0) is 62.4 Å². The van der Waals surface area contributed by atoms with Gasteiger partial charge in [0.1, 0.15) is 23.4 Å². The Balaban J connectivity index is 1.95. The van der Waals surface area contributed by atoms with E-state index >= 15 is 0 Å². The summed E-state index contributed by atoms with van der Waals surface area (Å²) in [5.74, 6) is 0.580. The first-order chi connectivity index (χ1) is 10.6. The molecule has 5 heteroatoms. The van der Waals surface area contributed by atoms with Crippen molar-refractivity contribution in [2.75, 3.05) is 11.9 Å². The Hall–Kier alpha value is -2.56. The molecule has 0 radical (unpaired) electrons. The second-order valence-electron chi connectivity index (χ2n) is 4.70. The molecule has 0 saturated heterocycles. The summed E-state index contributed by atoms with van der Waals surface area (Å²) >= 11 is 0. The van der Waals surface area contributed by atoms with Crippen LogP contribution in [0.3, 0.4) is 0 Å². The minimum absolute atomic E-state index is 0.297. The number of anilines is 1. The van der Waals surface area contributed by atoms with Crippen LogP contribution in [0.4, 0.5) is 10.1 Å². The van der Waals surface area contributed by atoms with Gasteiger partial charge in [-0.3, -0.25) is 0 Å². The molecule has 0 aromatic heterocycles. The zero-order chi connectivity index (χ0) is 15.9. The van der Waals surface area contributed by atoms with Crippen molar-refractivity contribution in [1.82, 2.24) is 0 Å². The number of carbonyl (C=O) groups excluding carboxylic acids is 1. The summed E-state index contributed by atoms with van der Waals surface area (Å²) in [4.78, 5) is 11.5. The van der Waals surface area contributed by atoms with Crippen LogP contribution in [0.1, 0.15) is 13.8 Å². The lowest BCUT2D eigenvalue weighted by molar-refractivity contribution is -0.143. The maximum Gasteiger partial charge on any atom is 0.328 e. The summed E-state index contributed by atoms with van der Waals surface area (Å²) in [6.45, 7) is 3.86. The van der Waals surface area contributed by atoms with Crippen molar-refractivity contribution in [1.29, 1.82) is 0 Å². The Morgan fingerprint density at radius 3 is 2.18 bits per heavy atom. The van der Waals surface area contributed by atoms with Crippen molar-refractivity contribution in [3.05, 3.63) is 54.3 Å². The maximum atomic E-state index is 12.8. The Morgan fingerprint density at radius 1 is 1.09 bits per heavy atom. The zero-order valence-corrected chi connectivity index (χ0v) is 12.5. The molecule has 2 aromatic rings. The fourth-order valence-electron chi connectivity index (χ4n) is 1.83. The average Bonchev–Trinajstić information content (AvgIpc) is 2.51. The van der Waals surface area contributed by atoms with Crippen molar-refractivity contribution in [3.63, 3.8) is 0 Å². The molecule has 0 spiro atoms. The summed E-state index contributed by atoms with van der Waals surface area (Å²) < 4.78 is 23.3. The molecule has 2 aromatic carbocycles. The molecule has 0 heterocycles. The summed E-state index contributed by atoms with van der Waals surface area (Å²) in [6, 6.07) is 12.5. The molecule has 0 aliphatic rings. The van der Waals surface area contributed by atoms with Crippen LogP contribution in [-0.4, -0.2) is 18.6 Å². The molecule has 0 aliphatic heterocycles. The van der Waals surface area contributed by atoms with Gasteiger partial charge >= 0.3 is 5.97 Å². The Bertz CT molecular complexity index is 611. The molecule has 1 atom stereocenters. The van der Waals surface area contributed by atoms with Crippen LogP contribution >= 0.6 is 0 Å². The standard InChI is InChI=1S/C17H18FNO3/c1-3-21-17(20)12(2)19-14-6-10-16(11-7-14)22-15-8-4-13(18)5-9-15/h4-12,19H,3H2,1-2H3. The predicted octanol–water partition coefficient (Wildman–Crippen LogP) is 3.98. The third-order valence-corrected chi connectivity index (χ3v) is 2.93. The van der Waals surface area contributed by atoms with E-state index in [2.05, 4.69) is 5.32 Å². The molecule has 116 valence electrons. The van der Waals surface area contributed by atoms with Gasteiger partial charge in [0.2, 0.25) is 0 Å². The smallest absolute Gasteiger partial charge is 0.328 e. The van der Waals surface area contributed by atoms with E-state index in [1.807, 2.05) is 0 Å². The van der Waals surface area contributed by atoms with Crippen LogP contribution in [0.25, 0.3) is 0 Å². The van der Waals surface area contributed by atoms with Crippen molar-refractivity contribution >= 4 is 11.7 Å². The van der Waals surface area contributed by atoms with Gasteiger partial charge in [0.15, 0.2) is 0 Å². The van der Waals surface area contributed by atoms with Gasteiger partial charge in [0.05, 0.1) is 6.61 Å². The number of hydrogen-bond donors (Lipinski definition) is 1. The van der Waals surface area contributed by atoms with Crippen molar-refractivity contribution in [2.45, 2.75) is 19.9 Å². The molecule has 0 amide bonds. The third-order valence-electron chi connectivity index (χ3n) is 2.93. The van der Waals surface area contributed by atoms with Gasteiger partial charge < -0.3 is 14.8 Å². The predicted molar refractivity (Wildman–Crippen MR) is 82.6 cm³/mol. The van der Waals surface area contributed by atoms with Crippen molar-refractivity contribution < 1.29 is 18.7 Å². The van der Waals surface area contributed by atoms with Crippen LogP contribution in [0.15, 0.2) is 48.5 Å². The first-order valence-corrected chi connectivity index (χ1v) is 7.05. The lowest BCUT2D eigenvalue weighted by atomic mass is 10.2. The maximum absolute atomic E-state index is 12.8. The number of benzene rings is 2. The second kappa shape index (κ2) is 7.45. The van der Waals surface area contributed by atoms with Gasteiger partial charge in [0.25, 0.3) is 0 Å². The van der Waals surface area contributed by atoms with Crippen LogP contribution < -0.4 is 10.1 Å². The molecule has 1 N–H and O–H groups in total. The topological polar surface area (TPSA) is 47.6 Å². The largest absolute Gasteiger partial charge is 0.464 e. The van der Waals surface area contributed by atoms with Gasteiger partial charge in [-0.2, -0.15) is 0 Å². The third kappa shape index (κ3) is 4.48. The highest BCUT2D eigenvalue weighted by Gasteiger charge is 2.13. The SMILES string of the molecule is CCOC(=O)C(C)Nc1ccc(Oc2ccc(F)cc2)cc1. The van der Waals surface area contributed by atoms with E-state index in [-0.39, 0.29) is 11.8 Å². The van der Waals surface area contributed by atoms with Crippen molar-refractivity contribution in [2.24, 2.45) is 0 Å². The number of esters is 1. The van der Waals surface area contributed by atoms with Crippen LogP contribution in [-0.2, 0) is 9.53 Å². The molecule has 2 rings (SSSR count). The van der Waals surface area contributed by atoms with E-state index in [9.17, 15) is 9.18 Å². The normalized spacial score (nSPS) is 11.6. The number of carbonyl (C=O) groups is 1. The highest BCUT2D eigenvalue weighted by molar-refractivity contribution is 5.78. The lowest BCUT2D eigenvalue weighted by Gasteiger charge is -2.14. The summed E-state index contributed by atoms with van der Waals surface area (Å²) in [5.41, 5.74) is 0.784. The molecular weight excluding hydrogens is 285 g/mol. The number of rotatable bonds is 6. The number of halogens is 1. The molecule has 0 saturated carbocycles. The van der Waals surface area contributed by atoms with Gasteiger partial charge in [-0.25, -0.2) is 9.18 Å². The fraction of sp³-hybridized carbons (Fsp3) is 0.235. The molecule has 0 fully saturated rings. The molecule has 0 aliphatic carbocycles. The van der Waals surface area contributed by atoms with E-state index < -0.39 is 6.04 Å². The molecule has 22 heavy (non-hydrogen) atoms. The van der Waals surface area contributed by atoms with E-state index in [0.717, 1.165) is 5.69 Å². The number of ether oxygens (including phenoxy) is 2. The number of nitrogens with one attached hydrogen (secondary N) is 1. The van der Waals surface area contributed by atoms with E-state index in [1.165, 1.54) is 12.1 Å². The zero-order valence-electron chi connectivity index (χ0n) is 12.5. The first kappa shape index (κ1) is 15.8. The minimum Gasteiger partial charge on any atom is -0.464 e. The Labute approximate surface area is 128 Å². The summed E-state index contributed by atoms with van der Waals surface area (Å²) in [5, 5.41) is 3.05. The van der Waals surface area contributed by atoms with Crippen LogP contribution in [0.5, 0.6) is 11.5 Å². The van der Waals surface area contributed by atoms with Gasteiger partial charge in [-0.1, -0.05) is 0 Å². The van der Waals surface area contributed by atoms with Gasteiger partial charge in [0, 0.05) is 5.69 Å². The van der Waals surface area contributed by atoms with E-state index in [4.69, 9.17) is 9.47 Å². The second-order valence-corrected chi connectivity index (χ2v) is 4.70. The molecular formula is C17H18FNO3. The molecule has 1 unspecified atom stereocenters. The van der Waals surface area contributed by atoms with E-state index in [1.54, 1.807) is 50.2 Å². The van der Waals surface area contributed by atoms with Crippen LogP contribution in [0.2, 0.25) is 0 Å². The van der Waals surface area contributed by atoms with Crippen molar-refractivity contribution in [3.8, 4) is 11.5 Å². The fourth-order valence-corrected chi connectivity index (χ4v) is 1.83. The molecule has 0 bridgehead atoms. The van der Waals surface area contributed by atoms with Gasteiger partial charge in [-0.15, -0.1) is 0 Å². The first-order valence-electron chi connectivity index (χ1n) is 7.05. The summed E-state index contributed by atoms with van der Waals surface area (Å²) in [7, 11) is 0. The number of hydrogen-bond acceptors (Lipinski definition) is 4. The minimum atomic E-state index is -0.427.